The Labute approximate surface area is 239 Å². The number of carbonyl (C=O) groups is 4. The second-order valence-corrected chi connectivity index (χ2v) is 12.6. The molecule has 220 valence electrons. The summed E-state index contributed by atoms with van der Waals surface area (Å²) < 4.78 is 0. The van der Waals surface area contributed by atoms with E-state index in [0.29, 0.717) is 25.8 Å². The third-order valence-electron chi connectivity index (χ3n) is 7.31. The van der Waals surface area contributed by atoms with Crippen molar-refractivity contribution in [1.82, 2.24) is 20.5 Å². The molecule has 0 saturated carbocycles. The minimum absolute atomic E-state index is 0.0260. The summed E-state index contributed by atoms with van der Waals surface area (Å²) in [6.07, 6.45) is 8.23. The number of thiazole rings is 1. The number of allylic oxidation sites excluding steroid dienone is 3. The number of aromatic nitrogens is 1. The Bertz CT molecular complexity index is 1140. The monoisotopic (exact) mass is 574 g/mol. The zero-order valence-electron chi connectivity index (χ0n) is 23.8. The van der Waals surface area contributed by atoms with Gasteiger partial charge in [0.05, 0.1) is 22.2 Å². The Hall–Kier alpha value is -3.05. The summed E-state index contributed by atoms with van der Waals surface area (Å²) in [5.41, 5.74) is 3.33. The zero-order chi connectivity index (χ0) is 29.4. The Morgan fingerprint density at radius 3 is 2.50 bits per heavy atom. The maximum absolute atomic E-state index is 13.7. The van der Waals surface area contributed by atoms with Crippen LogP contribution in [0.15, 0.2) is 23.7 Å². The first-order valence-electron chi connectivity index (χ1n) is 13.9. The SMILES string of the molecule is Cc1ncsc1C1=CCC(CNC(=O)C2CC(O)CN2C(=O)C(NC(=O)CCCCCC(=O)O)C(C)(C)C)C=C1. The summed E-state index contributed by atoms with van der Waals surface area (Å²) in [4.78, 5) is 57.0. The largest absolute Gasteiger partial charge is 0.481 e. The van der Waals surface area contributed by atoms with Crippen molar-refractivity contribution in [1.29, 1.82) is 0 Å². The number of hydrogen-bond acceptors (Lipinski definition) is 7. The van der Waals surface area contributed by atoms with Crippen molar-refractivity contribution in [2.45, 2.75) is 90.8 Å². The molecule has 3 rings (SSSR count). The highest BCUT2D eigenvalue weighted by atomic mass is 32.1. The van der Waals surface area contributed by atoms with Crippen molar-refractivity contribution in [2.24, 2.45) is 11.3 Å². The molecule has 0 radical (unpaired) electrons. The molecule has 1 aliphatic carbocycles. The van der Waals surface area contributed by atoms with Crippen LogP contribution in [0.1, 0.15) is 76.3 Å². The fraction of sp³-hybridized carbons (Fsp3) is 0.621. The maximum atomic E-state index is 13.7. The van der Waals surface area contributed by atoms with E-state index in [0.717, 1.165) is 22.6 Å². The number of aryl methyl sites for hydroxylation is 1. The number of β-amino-alcohol motifs (C(OH)–C–C–N with tert-alkyl or cyclic N) is 1. The van der Waals surface area contributed by atoms with Gasteiger partial charge in [-0.05, 0) is 43.1 Å². The normalized spacial score (nSPS) is 21.6. The maximum Gasteiger partial charge on any atom is 0.303 e. The van der Waals surface area contributed by atoms with E-state index in [4.69, 9.17) is 5.11 Å². The average Bonchev–Trinajstić information content (AvgIpc) is 3.50. The van der Waals surface area contributed by atoms with Crippen LogP contribution in [0.2, 0.25) is 0 Å². The van der Waals surface area contributed by atoms with E-state index < -0.39 is 35.5 Å². The molecule has 0 aromatic carbocycles. The van der Waals surface area contributed by atoms with Crippen LogP contribution in [0.5, 0.6) is 0 Å². The van der Waals surface area contributed by atoms with Gasteiger partial charge < -0.3 is 25.7 Å². The van der Waals surface area contributed by atoms with Crippen LogP contribution in [0, 0.1) is 18.3 Å². The predicted molar refractivity (Wildman–Crippen MR) is 153 cm³/mol. The molecular weight excluding hydrogens is 532 g/mol. The third kappa shape index (κ3) is 8.72. The molecule has 2 aliphatic rings. The summed E-state index contributed by atoms with van der Waals surface area (Å²) in [5, 5.41) is 24.9. The number of carboxylic acids is 1. The number of aliphatic hydroxyl groups excluding tert-OH is 1. The van der Waals surface area contributed by atoms with Crippen LogP contribution in [-0.4, -0.2) is 75.1 Å². The third-order valence-corrected chi connectivity index (χ3v) is 8.29. The predicted octanol–water partition coefficient (Wildman–Crippen LogP) is 3.06. The van der Waals surface area contributed by atoms with Crippen LogP contribution in [0.25, 0.3) is 5.57 Å². The van der Waals surface area contributed by atoms with Crippen molar-refractivity contribution < 1.29 is 29.4 Å². The second-order valence-electron chi connectivity index (χ2n) is 11.7. The number of amides is 3. The van der Waals surface area contributed by atoms with Gasteiger partial charge in [-0.2, -0.15) is 0 Å². The lowest BCUT2D eigenvalue weighted by Gasteiger charge is -2.35. The highest BCUT2D eigenvalue weighted by Gasteiger charge is 2.44. The molecule has 4 N–H and O–H groups in total. The molecule has 4 atom stereocenters. The number of hydrogen-bond donors (Lipinski definition) is 4. The van der Waals surface area contributed by atoms with E-state index in [1.54, 1.807) is 11.3 Å². The van der Waals surface area contributed by atoms with Gasteiger partial charge in [-0.1, -0.05) is 45.4 Å². The fourth-order valence-electron chi connectivity index (χ4n) is 5.01. The van der Waals surface area contributed by atoms with E-state index in [-0.39, 0.29) is 43.5 Å². The van der Waals surface area contributed by atoms with E-state index in [9.17, 15) is 24.3 Å². The first-order valence-corrected chi connectivity index (χ1v) is 14.8. The highest BCUT2D eigenvalue weighted by Crippen LogP contribution is 2.29. The number of aliphatic hydroxyl groups is 1. The molecule has 10 nitrogen and oxygen atoms in total. The topological polar surface area (TPSA) is 149 Å². The minimum atomic E-state index is -0.875. The summed E-state index contributed by atoms with van der Waals surface area (Å²) >= 11 is 1.60. The molecule has 1 aromatic heterocycles. The van der Waals surface area contributed by atoms with Gasteiger partial charge >= 0.3 is 5.97 Å². The van der Waals surface area contributed by atoms with Crippen molar-refractivity contribution in [2.75, 3.05) is 13.1 Å². The molecule has 11 heteroatoms. The van der Waals surface area contributed by atoms with Gasteiger partial charge in [0.25, 0.3) is 0 Å². The molecule has 1 fully saturated rings. The zero-order valence-corrected chi connectivity index (χ0v) is 24.6. The Balaban J connectivity index is 1.56. The molecule has 4 unspecified atom stereocenters. The lowest BCUT2D eigenvalue weighted by molar-refractivity contribution is -0.144. The van der Waals surface area contributed by atoms with Crippen LogP contribution in [0.4, 0.5) is 0 Å². The van der Waals surface area contributed by atoms with Gasteiger partial charge in [0.2, 0.25) is 17.7 Å². The first kappa shape index (κ1) is 31.5. The summed E-state index contributed by atoms with van der Waals surface area (Å²) in [5.74, 6) is -1.75. The van der Waals surface area contributed by atoms with Gasteiger partial charge in [-0.3, -0.25) is 19.2 Å². The van der Waals surface area contributed by atoms with Crippen LogP contribution >= 0.6 is 11.3 Å². The van der Waals surface area contributed by atoms with Gasteiger partial charge in [0, 0.05) is 32.4 Å². The Morgan fingerprint density at radius 2 is 1.90 bits per heavy atom. The van der Waals surface area contributed by atoms with Gasteiger partial charge in [-0.25, -0.2) is 4.98 Å². The average molecular weight is 575 g/mol. The number of likely N-dealkylation sites (tertiary alicyclic amines) is 1. The molecule has 40 heavy (non-hydrogen) atoms. The van der Waals surface area contributed by atoms with Crippen LogP contribution in [0.3, 0.4) is 0 Å². The van der Waals surface area contributed by atoms with Crippen LogP contribution < -0.4 is 10.6 Å². The van der Waals surface area contributed by atoms with E-state index in [1.165, 1.54) is 4.90 Å². The number of unbranched alkanes of at least 4 members (excludes halogenated alkanes) is 2. The first-order chi connectivity index (χ1) is 18.9. The number of carboxylic acid groups (broad SMARTS) is 1. The molecule has 0 spiro atoms. The van der Waals surface area contributed by atoms with E-state index >= 15 is 0 Å². The number of carbonyl (C=O) groups excluding carboxylic acids is 3. The Kier molecular flexibility index (Phi) is 11.0. The molecule has 2 heterocycles. The molecule has 1 aromatic rings. The van der Waals surface area contributed by atoms with Gasteiger partial charge in [0.1, 0.15) is 12.1 Å². The van der Waals surface area contributed by atoms with Crippen molar-refractivity contribution in [3.8, 4) is 0 Å². The molecule has 0 bridgehead atoms. The summed E-state index contributed by atoms with van der Waals surface area (Å²) in [7, 11) is 0. The van der Waals surface area contributed by atoms with Crippen molar-refractivity contribution >= 4 is 40.6 Å². The number of nitrogens with one attached hydrogen (secondary N) is 2. The van der Waals surface area contributed by atoms with Crippen LogP contribution in [-0.2, 0) is 19.2 Å². The quantitative estimate of drug-likeness (QED) is 0.280. The number of rotatable bonds is 12. The highest BCUT2D eigenvalue weighted by molar-refractivity contribution is 7.11. The fourth-order valence-corrected chi connectivity index (χ4v) is 5.83. The minimum Gasteiger partial charge on any atom is -0.481 e. The number of nitrogens with zero attached hydrogens (tertiary/aromatic N) is 2. The standard InChI is InChI=1S/C29H42N4O6S/c1-18-25(40-17-31-18)20-12-10-19(11-13-20)15-30-27(38)22-14-21(34)16-33(22)28(39)26(29(2,3)4)32-23(35)8-6-5-7-9-24(36)37/h10,12-13,17,19,21-22,26,34H,5-9,11,14-16H2,1-4H3,(H,30,38)(H,32,35)(H,36,37). The van der Waals surface area contributed by atoms with E-state index in [2.05, 4.69) is 33.8 Å². The Morgan fingerprint density at radius 1 is 1.18 bits per heavy atom. The lowest BCUT2D eigenvalue weighted by atomic mass is 9.85. The summed E-state index contributed by atoms with van der Waals surface area (Å²) in [6, 6.07) is -1.70. The molecule has 1 saturated heterocycles. The second kappa shape index (κ2) is 14.0. The number of aliphatic carboxylic acids is 1. The summed E-state index contributed by atoms with van der Waals surface area (Å²) in [6.45, 7) is 7.95. The van der Waals surface area contributed by atoms with Gasteiger partial charge in [-0.15, -0.1) is 11.3 Å². The molecular formula is C29H42N4O6S. The molecule has 1 aliphatic heterocycles. The van der Waals surface area contributed by atoms with Crippen molar-refractivity contribution in [3.05, 3.63) is 34.3 Å². The van der Waals surface area contributed by atoms with E-state index in [1.807, 2.05) is 33.2 Å². The smallest absolute Gasteiger partial charge is 0.303 e. The van der Waals surface area contributed by atoms with Crippen molar-refractivity contribution in [3.63, 3.8) is 0 Å². The molecule has 3 amide bonds. The van der Waals surface area contributed by atoms with Gasteiger partial charge in [0.15, 0.2) is 0 Å². The lowest BCUT2D eigenvalue weighted by Crippen LogP contribution is -2.57.